The number of nitrogens with zero attached hydrogens (tertiary/aromatic N) is 1. The number of hydroxylamine groups is 2. The molecule has 0 bridgehead atoms. The van der Waals surface area contributed by atoms with Crippen molar-refractivity contribution in [2.24, 2.45) is 0 Å². The summed E-state index contributed by atoms with van der Waals surface area (Å²) in [6.07, 6.45) is 0. The van der Waals surface area contributed by atoms with E-state index in [1.165, 1.54) is 10.6 Å². The van der Waals surface area contributed by atoms with Crippen molar-refractivity contribution in [1.29, 1.82) is 0 Å². The average Bonchev–Trinajstić information content (AvgIpc) is 1.68. The van der Waals surface area contributed by atoms with E-state index in [1.54, 1.807) is 7.05 Å². The van der Waals surface area contributed by atoms with Gasteiger partial charge in [0.15, 0.2) is 0 Å². The molecule has 0 amide bonds. The third kappa shape index (κ3) is 3.69. The maximum atomic E-state index is 4.86. The monoisotopic (exact) mass is 119 g/mol. The second kappa shape index (κ2) is 4.02. The molecule has 0 aromatic rings. The maximum Gasteiger partial charge on any atom is 0.0901 e. The van der Waals surface area contributed by atoms with Crippen LogP contribution < -0.4 is 0 Å². The van der Waals surface area contributed by atoms with E-state index in [1.807, 2.05) is 6.92 Å². The number of hydrogen-bond donors (Lipinski definition) is 0. The Hall–Kier alpha value is -0.150. The fourth-order valence-electron chi connectivity index (χ4n) is 0.234. The lowest BCUT2D eigenvalue weighted by Crippen LogP contribution is -2.14. The highest BCUT2D eigenvalue weighted by Gasteiger charge is 1.81. The Balaban J connectivity index is 2.98. The average molecular weight is 119 g/mol. The van der Waals surface area contributed by atoms with Gasteiger partial charge in [-0.1, -0.05) is 12.2 Å². The highest BCUT2D eigenvalue weighted by Crippen LogP contribution is 1.76. The Morgan fingerprint density at radius 1 is 1.86 bits per heavy atom. The number of rotatable bonds is 3. The predicted octanol–water partition coefficient (Wildman–Crippen LogP) is 0.827. The van der Waals surface area contributed by atoms with Crippen molar-refractivity contribution in [3.8, 4) is 0 Å². The van der Waals surface area contributed by atoms with Gasteiger partial charge in [0.25, 0.3) is 0 Å². The largest absolute Gasteiger partial charge is 0.274 e. The van der Waals surface area contributed by atoms with E-state index in [9.17, 15) is 0 Å². The molecule has 3 heteroatoms. The molecule has 0 spiro atoms. The molecule has 2 nitrogen and oxygen atoms in total. The van der Waals surface area contributed by atoms with E-state index in [4.69, 9.17) is 4.84 Å². The first-order chi connectivity index (χ1) is 3.31. The Kier molecular flexibility index (Phi) is 3.93. The first-order valence-electron chi connectivity index (χ1n) is 2.12. The summed E-state index contributed by atoms with van der Waals surface area (Å²) in [5.41, 5.74) is 1.45. The van der Waals surface area contributed by atoms with Gasteiger partial charge in [0.2, 0.25) is 0 Å². The van der Waals surface area contributed by atoms with Gasteiger partial charge in [-0.2, -0.15) is 0 Å². The molecule has 0 radical (unpaired) electrons. The Morgan fingerprint density at radius 2 is 2.43 bits per heavy atom. The highest BCUT2D eigenvalue weighted by atomic mass is 32.1. The van der Waals surface area contributed by atoms with E-state index in [0.29, 0.717) is 6.61 Å². The lowest BCUT2D eigenvalue weighted by Gasteiger charge is -2.08. The molecule has 42 valence electrons. The van der Waals surface area contributed by atoms with Crippen LogP contribution in [-0.4, -0.2) is 24.2 Å². The van der Waals surface area contributed by atoms with Gasteiger partial charge < -0.3 is 0 Å². The summed E-state index contributed by atoms with van der Waals surface area (Å²) in [4.78, 5) is 4.86. The summed E-state index contributed by atoms with van der Waals surface area (Å²) in [7, 11) is 1.76. The number of hydrogen-bond acceptors (Lipinski definition) is 2. The van der Waals surface area contributed by atoms with Crippen molar-refractivity contribution in [3.63, 3.8) is 0 Å². The van der Waals surface area contributed by atoms with Crippen molar-refractivity contribution in [3.05, 3.63) is 0 Å². The van der Waals surface area contributed by atoms with E-state index < -0.39 is 0 Å². The normalized spacial score (nSPS) is 8.29. The molecule has 0 unspecified atom stereocenters. The summed E-state index contributed by atoms with van der Waals surface area (Å²) in [6.45, 7) is 2.58. The van der Waals surface area contributed by atoms with Crippen LogP contribution in [0, 0.1) is 0 Å². The third-order valence-electron chi connectivity index (χ3n) is 0.481. The minimum Gasteiger partial charge on any atom is -0.274 e. The molecule has 0 aliphatic heterocycles. The van der Waals surface area contributed by atoms with E-state index in [2.05, 4.69) is 12.2 Å². The molecular weight excluding hydrogens is 110 g/mol. The molecule has 7 heavy (non-hydrogen) atoms. The van der Waals surface area contributed by atoms with Crippen LogP contribution in [0.25, 0.3) is 0 Å². The zero-order valence-corrected chi connectivity index (χ0v) is 5.36. The van der Waals surface area contributed by atoms with E-state index in [0.717, 1.165) is 0 Å². The van der Waals surface area contributed by atoms with Crippen molar-refractivity contribution in [2.45, 2.75) is 6.92 Å². The second-order valence-electron chi connectivity index (χ2n) is 1.07. The van der Waals surface area contributed by atoms with Gasteiger partial charge in [0, 0.05) is 7.05 Å². The van der Waals surface area contributed by atoms with Crippen LogP contribution in [0.5, 0.6) is 0 Å². The van der Waals surface area contributed by atoms with Crippen molar-refractivity contribution in [1.82, 2.24) is 5.06 Å². The van der Waals surface area contributed by atoms with Gasteiger partial charge in [0.1, 0.15) is 0 Å². The van der Waals surface area contributed by atoms with Crippen LogP contribution in [0.15, 0.2) is 0 Å². The van der Waals surface area contributed by atoms with Crippen LogP contribution in [-0.2, 0) is 4.84 Å². The van der Waals surface area contributed by atoms with Gasteiger partial charge in [-0.25, -0.2) is 0 Å². The van der Waals surface area contributed by atoms with Gasteiger partial charge in [-0.3, -0.25) is 9.90 Å². The molecule has 0 aliphatic rings. The lowest BCUT2D eigenvalue weighted by atomic mass is 10.9. The van der Waals surface area contributed by atoms with Crippen LogP contribution in [0.3, 0.4) is 0 Å². The molecule has 0 aromatic carbocycles. The van der Waals surface area contributed by atoms with Gasteiger partial charge >= 0.3 is 0 Å². The van der Waals surface area contributed by atoms with Gasteiger partial charge in [-0.15, -0.1) is 0 Å². The maximum absolute atomic E-state index is 4.86. The molecule has 0 fully saturated rings. The summed E-state index contributed by atoms with van der Waals surface area (Å²) < 4.78 is 0. The third-order valence-corrected chi connectivity index (χ3v) is 0.778. The Labute approximate surface area is 49.0 Å². The molecule has 0 N–H and O–H groups in total. The number of thiocarbonyl (C=S) groups is 1. The van der Waals surface area contributed by atoms with Gasteiger partial charge in [-0.05, 0) is 6.92 Å². The van der Waals surface area contributed by atoms with Crippen LogP contribution in [0.1, 0.15) is 6.92 Å². The molecule has 0 saturated carbocycles. The fraction of sp³-hybridized carbons (Fsp3) is 0.750. The Bertz CT molecular complexity index is 57.7. The fourth-order valence-corrected chi connectivity index (χ4v) is 0.295. The minimum atomic E-state index is 0.670. The van der Waals surface area contributed by atoms with Crippen molar-refractivity contribution in [2.75, 3.05) is 13.7 Å². The minimum absolute atomic E-state index is 0.670. The lowest BCUT2D eigenvalue weighted by molar-refractivity contribution is -0.0658. The predicted molar refractivity (Wildman–Crippen MR) is 33.0 cm³/mol. The first-order valence-corrected chi connectivity index (χ1v) is 2.59. The van der Waals surface area contributed by atoms with E-state index >= 15 is 0 Å². The summed E-state index contributed by atoms with van der Waals surface area (Å²) >= 11 is 4.52. The molecule has 0 atom stereocenters. The van der Waals surface area contributed by atoms with Crippen molar-refractivity contribution >= 4 is 17.7 Å². The zero-order valence-electron chi connectivity index (χ0n) is 4.55. The molecule has 0 saturated heterocycles. The Morgan fingerprint density at radius 3 is 2.57 bits per heavy atom. The van der Waals surface area contributed by atoms with Crippen LogP contribution >= 0.6 is 12.2 Å². The molecule has 0 aromatic heterocycles. The topological polar surface area (TPSA) is 12.5 Å². The molecule has 0 heterocycles. The molecule has 0 aliphatic carbocycles. The quantitative estimate of drug-likeness (QED) is 0.403. The first kappa shape index (κ1) is 6.85. The summed E-state index contributed by atoms with van der Waals surface area (Å²) in [5, 5.41) is 1.50. The molecule has 0 rings (SSSR count). The smallest absolute Gasteiger partial charge is 0.0901 e. The van der Waals surface area contributed by atoms with Crippen molar-refractivity contribution < 1.29 is 4.84 Å². The SMILES string of the molecule is CCON(C)C=S. The molecular formula is C4H9NOS. The van der Waals surface area contributed by atoms with Crippen LogP contribution in [0.2, 0.25) is 0 Å². The van der Waals surface area contributed by atoms with Gasteiger partial charge in [0.05, 0.1) is 12.1 Å². The van der Waals surface area contributed by atoms with E-state index in [-0.39, 0.29) is 0 Å². The summed E-state index contributed by atoms with van der Waals surface area (Å²) in [6, 6.07) is 0. The highest BCUT2D eigenvalue weighted by molar-refractivity contribution is 7.78. The standard InChI is InChI=1S/C4H9NOS/c1-3-6-5(2)4-7/h4H,3H2,1-2H3. The second-order valence-corrected chi connectivity index (χ2v) is 1.28. The summed E-state index contributed by atoms with van der Waals surface area (Å²) in [5.74, 6) is 0. The van der Waals surface area contributed by atoms with Crippen LogP contribution in [0.4, 0.5) is 0 Å². The zero-order chi connectivity index (χ0) is 5.70.